The number of carbonyl (C=O) groups excluding carboxylic acids is 1. The molecule has 1 heterocycles. The summed E-state index contributed by atoms with van der Waals surface area (Å²) in [6.07, 6.45) is 0.995. The third kappa shape index (κ3) is 2.53. The fourth-order valence-corrected chi connectivity index (χ4v) is 2.27. The van der Waals surface area contributed by atoms with Crippen molar-refractivity contribution >= 4 is 17.6 Å². The third-order valence-electron chi connectivity index (χ3n) is 3.28. The molecular formula is C12H15ClN2O2. The highest BCUT2D eigenvalue weighted by atomic mass is 35.5. The summed E-state index contributed by atoms with van der Waals surface area (Å²) < 4.78 is 0. The SMILES string of the molecule is NC(=O)N1CCC(O)(c2ccc(Cl)cc2)CC1. The highest BCUT2D eigenvalue weighted by Gasteiger charge is 2.34. The second kappa shape index (κ2) is 4.55. The molecule has 1 aliphatic heterocycles. The van der Waals surface area contributed by atoms with E-state index in [2.05, 4.69) is 0 Å². The Balaban J connectivity index is 2.11. The highest BCUT2D eigenvalue weighted by Crippen LogP contribution is 2.33. The number of urea groups is 1. The first kappa shape index (κ1) is 12.2. The average Bonchev–Trinajstić information content (AvgIpc) is 2.30. The molecule has 0 atom stereocenters. The molecular weight excluding hydrogens is 240 g/mol. The van der Waals surface area contributed by atoms with Gasteiger partial charge in [-0.2, -0.15) is 0 Å². The zero-order valence-corrected chi connectivity index (χ0v) is 10.2. The summed E-state index contributed by atoms with van der Waals surface area (Å²) in [6, 6.07) is 6.73. The maximum atomic E-state index is 11.0. The number of nitrogens with zero attached hydrogens (tertiary/aromatic N) is 1. The minimum absolute atomic E-state index is 0.428. The molecule has 1 aromatic rings. The van der Waals surface area contributed by atoms with Crippen LogP contribution in [0.15, 0.2) is 24.3 Å². The maximum Gasteiger partial charge on any atom is 0.314 e. The van der Waals surface area contributed by atoms with Crippen LogP contribution in [-0.2, 0) is 5.60 Å². The lowest BCUT2D eigenvalue weighted by Gasteiger charge is -2.37. The van der Waals surface area contributed by atoms with Crippen LogP contribution in [0.5, 0.6) is 0 Å². The molecule has 0 bridgehead atoms. The van der Waals surface area contributed by atoms with Gasteiger partial charge >= 0.3 is 6.03 Å². The lowest BCUT2D eigenvalue weighted by atomic mass is 9.84. The van der Waals surface area contributed by atoms with Crippen LogP contribution in [0.25, 0.3) is 0 Å². The summed E-state index contributed by atoms with van der Waals surface area (Å²) in [5.74, 6) is 0. The second-order valence-electron chi connectivity index (χ2n) is 4.36. The van der Waals surface area contributed by atoms with Gasteiger partial charge in [-0.05, 0) is 30.5 Å². The molecule has 5 heteroatoms. The number of nitrogens with two attached hydrogens (primary N) is 1. The Morgan fingerprint density at radius 2 is 1.82 bits per heavy atom. The fourth-order valence-electron chi connectivity index (χ4n) is 2.15. The first-order valence-electron chi connectivity index (χ1n) is 5.54. The van der Waals surface area contributed by atoms with Gasteiger partial charge in [-0.25, -0.2) is 4.79 Å². The van der Waals surface area contributed by atoms with E-state index in [1.165, 1.54) is 0 Å². The van der Waals surface area contributed by atoms with Crippen molar-refractivity contribution in [2.24, 2.45) is 5.73 Å². The maximum absolute atomic E-state index is 11.0. The van der Waals surface area contributed by atoms with Crippen molar-refractivity contribution in [2.45, 2.75) is 18.4 Å². The first-order chi connectivity index (χ1) is 8.01. The first-order valence-corrected chi connectivity index (χ1v) is 5.92. The van der Waals surface area contributed by atoms with Crippen molar-refractivity contribution in [3.63, 3.8) is 0 Å². The van der Waals surface area contributed by atoms with Gasteiger partial charge in [-0.15, -0.1) is 0 Å². The van der Waals surface area contributed by atoms with Crippen molar-refractivity contribution < 1.29 is 9.90 Å². The number of benzene rings is 1. The van der Waals surface area contributed by atoms with Crippen molar-refractivity contribution in [1.29, 1.82) is 0 Å². The number of primary amides is 1. The van der Waals surface area contributed by atoms with E-state index in [0.717, 1.165) is 5.56 Å². The van der Waals surface area contributed by atoms with E-state index in [0.29, 0.717) is 31.0 Å². The van der Waals surface area contributed by atoms with Gasteiger partial charge in [-0.3, -0.25) is 0 Å². The molecule has 2 amide bonds. The lowest BCUT2D eigenvalue weighted by Crippen LogP contribution is -2.47. The smallest absolute Gasteiger partial charge is 0.314 e. The number of hydrogen-bond acceptors (Lipinski definition) is 2. The van der Waals surface area contributed by atoms with Crippen LogP contribution in [0.4, 0.5) is 4.79 Å². The lowest BCUT2D eigenvalue weighted by molar-refractivity contribution is -0.0160. The van der Waals surface area contributed by atoms with Crippen molar-refractivity contribution in [3.8, 4) is 0 Å². The summed E-state index contributed by atoms with van der Waals surface area (Å²) in [7, 11) is 0. The van der Waals surface area contributed by atoms with E-state index in [9.17, 15) is 9.90 Å². The summed E-state index contributed by atoms with van der Waals surface area (Å²) in [4.78, 5) is 12.5. The van der Waals surface area contributed by atoms with E-state index in [1.54, 1.807) is 17.0 Å². The number of amides is 2. The van der Waals surface area contributed by atoms with Gasteiger partial charge in [0.1, 0.15) is 0 Å². The van der Waals surface area contributed by atoms with Crippen LogP contribution in [0.1, 0.15) is 18.4 Å². The molecule has 4 nitrogen and oxygen atoms in total. The Bertz CT molecular complexity index is 411. The van der Waals surface area contributed by atoms with Crippen molar-refractivity contribution in [1.82, 2.24) is 4.90 Å². The number of carbonyl (C=O) groups is 1. The van der Waals surface area contributed by atoms with Crippen LogP contribution < -0.4 is 5.73 Å². The predicted octanol–water partition coefficient (Wildman–Crippen LogP) is 1.70. The summed E-state index contributed by atoms with van der Waals surface area (Å²) >= 11 is 5.81. The molecule has 0 radical (unpaired) electrons. The predicted molar refractivity (Wildman–Crippen MR) is 65.7 cm³/mol. The molecule has 0 aromatic heterocycles. The molecule has 0 aliphatic carbocycles. The molecule has 1 fully saturated rings. The Kier molecular flexibility index (Phi) is 3.26. The largest absolute Gasteiger partial charge is 0.385 e. The molecule has 0 saturated carbocycles. The van der Waals surface area contributed by atoms with Crippen molar-refractivity contribution in [3.05, 3.63) is 34.9 Å². The highest BCUT2D eigenvalue weighted by molar-refractivity contribution is 6.30. The quantitative estimate of drug-likeness (QED) is 0.801. The standard InChI is InChI=1S/C12H15ClN2O2/c13-10-3-1-9(2-4-10)12(17)5-7-15(8-6-12)11(14)16/h1-4,17H,5-8H2,(H2,14,16). The molecule has 3 N–H and O–H groups in total. The molecule has 92 valence electrons. The van der Waals surface area contributed by atoms with Gasteiger partial charge in [0.05, 0.1) is 5.60 Å². The normalized spacial score (nSPS) is 19.1. The van der Waals surface area contributed by atoms with Crippen LogP contribution in [-0.4, -0.2) is 29.1 Å². The van der Waals surface area contributed by atoms with Gasteiger partial charge in [0.2, 0.25) is 0 Å². The van der Waals surface area contributed by atoms with Crippen LogP contribution in [0.2, 0.25) is 5.02 Å². The average molecular weight is 255 g/mol. The number of hydrogen-bond donors (Lipinski definition) is 2. The van der Waals surface area contributed by atoms with E-state index >= 15 is 0 Å². The van der Waals surface area contributed by atoms with Crippen LogP contribution in [0.3, 0.4) is 0 Å². The summed E-state index contributed by atoms with van der Waals surface area (Å²) in [6.45, 7) is 0.961. The molecule has 2 rings (SSSR count). The molecule has 0 unspecified atom stereocenters. The fraction of sp³-hybridized carbons (Fsp3) is 0.417. The Labute approximate surface area is 105 Å². The van der Waals surface area contributed by atoms with Gasteiger partial charge < -0.3 is 15.7 Å². The zero-order valence-electron chi connectivity index (χ0n) is 9.40. The monoisotopic (exact) mass is 254 g/mol. The Hall–Kier alpha value is -1.26. The number of halogens is 1. The Morgan fingerprint density at radius 3 is 2.29 bits per heavy atom. The van der Waals surface area contributed by atoms with Crippen LogP contribution >= 0.6 is 11.6 Å². The van der Waals surface area contributed by atoms with Crippen molar-refractivity contribution in [2.75, 3.05) is 13.1 Å². The Morgan fingerprint density at radius 1 is 1.29 bits per heavy atom. The second-order valence-corrected chi connectivity index (χ2v) is 4.80. The van der Waals surface area contributed by atoms with E-state index in [1.807, 2.05) is 12.1 Å². The zero-order chi connectivity index (χ0) is 12.5. The minimum atomic E-state index is -0.878. The molecule has 1 saturated heterocycles. The van der Waals surface area contributed by atoms with E-state index in [4.69, 9.17) is 17.3 Å². The third-order valence-corrected chi connectivity index (χ3v) is 3.54. The van der Waals surface area contributed by atoms with E-state index in [-0.39, 0.29) is 0 Å². The number of aliphatic hydroxyl groups is 1. The molecule has 17 heavy (non-hydrogen) atoms. The summed E-state index contributed by atoms with van der Waals surface area (Å²) in [5.41, 5.74) is 5.16. The molecule has 1 aromatic carbocycles. The molecule has 0 spiro atoms. The van der Waals surface area contributed by atoms with E-state index < -0.39 is 11.6 Å². The molecule has 1 aliphatic rings. The number of rotatable bonds is 1. The topological polar surface area (TPSA) is 66.6 Å². The minimum Gasteiger partial charge on any atom is -0.385 e. The van der Waals surface area contributed by atoms with Gasteiger partial charge in [0.15, 0.2) is 0 Å². The number of likely N-dealkylation sites (tertiary alicyclic amines) is 1. The van der Waals surface area contributed by atoms with Crippen LogP contribution in [0, 0.1) is 0 Å². The number of piperidine rings is 1. The van der Waals surface area contributed by atoms with Gasteiger partial charge in [0.25, 0.3) is 0 Å². The van der Waals surface area contributed by atoms with Gasteiger partial charge in [0, 0.05) is 18.1 Å². The van der Waals surface area contributed by atoms with Gasteiger partial charge in [-0.1, -0.05) is 23.7 Å². The summed E-state index contributed by atoms with van der Waals surface area (Å²) in [5, 5.41) is 11.2.